The smallest absolute Gasteiger partial charge is 0.321 e. The minimum absolute atomic E-state index is 0.358. The Labute approximate surface area is 129 Å². The number of benzene rings is 1. The highest BCUT2D eigenvalue weighted by Crippen LogP contribution is 2.15. The number of rotatable bonds is 6. The quantitative estimate of drug-likeness (QED) is 0.835. The van der Waals surface area contributed by atoms with E-state index in [1.165, 1.54) is 7.05 Å². The number of nitrogens with one attached hydrogen (secondary N) is 2. The second-order valence-corrected chi connectivity index (χ2v) is 4.96. The first kappa shape index (κ1) is 17.3. The molecule has 0 aliphatic carbocycles. The molecule has 0 fully saturated rings. The van der Waals surface area contributed by atoms with Crippen molar-refractivity contribution in [1.29, 1.82) is 0 Å². The second kappa shape index (κ2) is 8.49. The Morgan fingerprint density at radius 1 is 1.33 bits per heavy atom. The van der Waals surface area contributed by atoms with Crippen LogP contribution in [0, 0.1) is 0 Å². The van der Waals surface area contributed by atoms with Crippen LogP contribution in [0.25, 0.3) is 0 Å². The summed E-state index contributed by atoms with van der Waals surface area (Å²) < 4.78 is 5.55. The molecule has 116 valence electrons. The van der Waals surface area contributed by atoms with Gasteiger partial charge < -0.3 is 10.1 Å². The molecule has 0 aliphatic rings. The zero-order valence-corrected chi connectivity index (χ0v) is 13.1. The number of hydrogen-bond acceptors (Lipinski definition) is 4. The molecular formula is C14H20ClN3O3. The van der Waals surface area contributed by atoms with Crippen molar-refractivity contribution in [3.8, 4) is 5.75 Å². The fourth-order valence-electron chi connectivity index (χ4n) is 1.51. The lowest BCUT2D eigenvalue weighted by Crippen LogP contribution is -2.48. The molecule has 0 heterocycles. The first-order valence-electron chi connectivity index (χ1n) is 6.55. The van der Waals surface area contributed by atoms with E-state index < -0.39 is 12.1 Å². The van der Waals surface area contributed by atoms with Crippen LogP contribution in [-0.4, -0.2) is 50.1 Å². The number of hydrogen-bond donors (Lipinski definition) is 2. The van der Waals surface area contributed by atoms with Crippen molar-refractivity contribution in [2.75, 3.05) is 27.2 Å². The van der Waals surface area contributed by atoms with Crippen LogP contribution < -0.4 is 15.4 Å². The van der Waals surface area contributed by atoms with E-state index in [1.807, 2.05) is 0 Å². The molecular weight excluding hydrogens is 294 g/mol. The fourth-order valence-corrected chi connectivity index (χ4v) is 1.64. The van der Waals surface area contributed by atoms with E-state index in [2.05, 4.69) is 10.6 Å². The summed E-state index contributed by atoms with van der Waals surface area (Å²) in [4.78, 5) is 24.6. The number of carbonyl (C=O) groups is 2. The van der Waals surface area contributed by atoms with Crippen LogP contribution in [0.15, 0.2) is 24.3 Å². The number of nitrogens with zero attached hydrogens (tertiary/aromatic N) is 1. The largest absolute Gasteiger partial charge is 0.492 e. The zero-order valence-electron chi connectivity index (χ0n) is 12.4. The molecule has 21 heavy (non-hydrogen) atoms. The summed E-state index contributed by atoms with van der Waals surface area (Å²) in [6.07, 6.45) is 0. The average Bonchev–Trinajstić information content (AvgIpc) is 2.48. The maximum atomic E-state index is 11.8. The molecule has 0 bridgehead atoms. The minimum Gasteiger partial charge on any atom is -0.492 e. The third kappa shape index (κ3) is 6.01. The van der Waals surface area contributed by atoms with Crippen molar-refractivity contribution >= 4 is 23.5 Å². The number of carbonyl (C=O) groups excluding carboxylic acids is 2. The van der Waals surface area contributed by atoms with Crippen LogP contribution in [0.4, 0.5) is 4.79 Å². The molecule has 0 aliphatic heterocycles. The van der Waals surface area contributed by atoms with E-state index in [1.54, 1.807) is 43.1 Å². The van der Waals surface area contributed by atoms with Crippen molar-refractivity contribution in [2.45, 2.75) is 13.0 Å². The number of likely N-dealkylation sites (N-methyl/N-ethyl adjacent to an activating group) is 1. The fraction of sp³-hybridized carbons (Fsp3) is 0.429. The van der Waals surface area contributed by atoms with E-state index in [-0.39, 0.29) is 5.91 Å². The first-order valence-corrected chi connectivity index (χ1v) is 6.93. The maximum Gasteiger partial charge on any atom is 0.321 e. The van der Waals surface area contributed by atoms with Crippen LogP contribution in [0.5, 0.6) is 5.75 Å². The Balaban J connectivity index is 2.35. The van der Waals surface area contributed by atoms with Gasteiger partial charge in [0.2, 0.25) is 5.91 Å². The van der Waals surface area contributed by atoms with E-state index >= 15 is 0 Å². The van der Waals surface area contributed by atoms with Crippen LogP contribution in [0.2, 0.25) is 5.02 Å². The Morgan fingerprint density at radius 2 is 1.95 bits per heavy atom. The summed E-state index contributed by atoms with van der Waals surface area (Å²) in [5, 5.41) is 5.22. The van der Waals surface area contributed by atoms with Crippen molar-refractivity contribution in [3.63, 3.8) is 0 Å². The predicted molar refractivity (Wildman–Crippen MR) is 81.6 cm³/mol. The Kier molecular flexibility index (Phi) is 6.98. The standard InChI is InChI=1S/C14H20ClN3O3/c1-10(13(19)17-14(20)16-2)18(3)8-9-21-12-6-4-11(15)5-7-12/h4-7,10H,8-9H2,1-3H3,(H2,16,17,19,20). The van der Waals surface area contributed by atoms with Gasteiger partial charge in [-0.15, -0.1) is 0 Å². The molecule has 1 rings (SSSR count). The third-order valence-corrected chi connectivity index (χ3v) is 3.28. The summed E-state index contributed by atoms with van der Waals surface area (Å²) in [6, 6.07) is 6.11. The maximum absolute atomic E-state index is 11.8. The topological polar surface area (TPSA) is 70.7 Å². The van der Waals surface area contributed by atoms with Crippen LogP contribution in [0.1, 0.15) is 6.92 Å². The molecule has 1 unspecified atom stereocenters. The molecule has 3 amide bonds. The van der Waals surface area contributed by atoms with Gasteiger partial charge in [-0.05, 0) is 38.2 Å². The molecule has 6 nitrogen and oxygen atoms in total. The molecule has 1 aromatic carbocycles. The predicted octanol–water partition coefficient (Wildman–Crippen LogP) is 1.49. The monoisotopic (exact) mass is 313 g/mol. The molecule has 0 saturated carbocycles. The Hall–Kier alpha value is -1.79. The Bertz CT molecular complexity index is 479. The molecule has 0 spiro atoms. The highest BCUT2D eigenvalue weighted by atomic mass is 35.5. The molecule has 7 heteroatoms. The van der Waals surface area contributed by atoms with Gasteiger partial charge in [-0.1, -0.05) is 11.6 Å². The highest BCUT2D eigenvalue weighted by Gasteiger charge is 2.19. The molecule has 0 radical (unpaired) electrons. The third-order valence-electron chi connectivity index (χ3n) is 3.03. The number of ether oxygens (including phenoxy) is 1. The zero-order chi connectivity index (χ0) is 15.8. The lowest BCUT2D eigenvalue weighted by Gasteiger charge is -2.23. The summed E-state index contributed by atoms with van der Waals surface area (Å²) in [5.74, 6) is 0.360. The average molecular weight is 314 g/mol. The summed E-state index contributed by atoms with van der Waals surface area (Å²) in [6.45, 7) is 2.70. The lowest BCUT2D eigenvalue weighted by molar-refractivity contribution is -0.124. The lowest BCUT2D eigenvalue weighted by atomic mass is 10.3. The molecule has 0 aromatic heterocycles. The number of urea groups is 1. The van der Waals surface area contributed by atoms with Gasteiger partial charge >= 0.3 is 6.03 Å². The Morgan fingerprint density at radius 3 is 2.52 bits per heavy atom. The van der Waals surface area contributed by atoms with Crippen molar-refractivity contribution in [2.24, 2.45) is 0 Å². The normalized spacial score (nSPS) is 11.9. The van der Waals surface area contributed by atoms with E-state index in [9.17, 15) is 9.59 Å². The van der Waals surface area contributed by atoms with Gasteiger partial charge in [0.15, 0.2) is 0 Å². The molecule has 1 atom stereocenters. The molecule has 2 N–H and O–H groups in total. The molecule has 0 saturated heterocycles. The second-order valence-electron chi connectivity index (χ2n) is 4.53. The van der Waals surface area contributed by atoms with Gasteiger partial charge in [-0.3, -0.25) is 15.0 Å². The van der Waals surface area contributed by atoms with E-state index in [4.69, 9.17) is 16.3 Å². The summed E-state index contributed by atoms with van der Waals surface area (Å²) in [5.41, 5.74) is 0. The van der Waals surface area contributed by atoms with E-state index in [0.29, 0.717) is 18.2 Å². The van der Waals surface area contributed by atoms with Crippen molar-refractivity contribution in [3.05, 3.63) is 29.3 Å². The van der Waals surface area contributed by atoms with Crippen LogP contribution in [0.3, 0.4) is 0 Å². The highest BCUT2D eigenvalue weighted by molar-refractivity contribution is 6.30. The molecule has 1 aromatic rings. The van der Waals surface area contributed by atoms with Crippen molar-refractivity contribution in [1.82, 2.24) is 15.5 Å². The number of imide groups is 1. The summed E-state index contributed by atoms with van der Waals surface area (Å²) >= 11 is 5.79. The van der Waals surface area contributed by atoms with Gasteiger partial charge in [0, 0.05) is 18.6 Å². The van der Waals surface area contributed by atoms with Gasteiger partial charge in [-0.25, -0.2) is 4.79 Å². The van der Waals surface area contributed by atoms with Crippen LogP contribution >= 0.6 is 11.6 Å². The van der Waals surface area contributed by atoms with Gasteiger partial charge in [-0.2, -0.15) is 0 Å². The number of halogens is 1. The summed E-state index contributed by atoms with van der Waals surface area (Å²) in [7, 11) is 3.25. The van der Waals surface area contributed by atoms with Gasteiger partial charge in [0.1, 0.15) is 12.4 Å². The first-order chi connectivity index (χ1) is 9.93. The number of amides is 3. The SMILES string of the molecule is CNC(=O)NC(=O)C(C)N(C)CCOc1ccc(Cl)cc1. The van der Waals surface area contributed by atoms with Crippen molar-refractivity contribution < 1.29 is 14.3 Å². The van der Waals surface area contributed by atoms with Gasteiger partial charge in [0.25, 0.3) is 0 Å². The van der Waals surface area contributed by atoms with E-state index in [0.717, 1.165) is 5.75 Å². The van der Waals surface area contributed by atoms with Gasteiger partial charge in [0.05, 0.1) is 6.04 Å². The van der Waals surface area contributed by atoms with Crippen LogP contribution in [-0.2, 0) is 4.79 Å². The minimum atomic E-state index is -0.516.